The molecular formula is C16H22F3N3O5S. The van der Waals surface area contributed by atoms with Gasteiger partial charge in [0, 0.05) is 13.2 Å². The van der Waals surface area contributed by atoms with E-state index in [2.05, 4.69) is 15.0 Å². The van der Waals surface area contributed by atoms with Gasteiger partial charge in [0.1, 0.15) is 19.1 Å². The van der Waals surface area contributed by atoms with Crippen LogP contribution in [0.25, 0.3) is 0 Å². The molecule has 1 heterocycles. The number of pyridine rings is 1. The van der Waals surface area contributed by atoms with Crippen LogP contribution in [0.3, 0.4) is 0 Å². The minimum absolute atomic E-state index is 0.139. The summed E-state index contributed by atoms with van der Waals surface area (Å²) >= 11 is 0. The lowest BCUT2D eigenvalue weighted by atomic mass is 10.2. The molecule has 2 rings (SSSR count). The van der Waals surface area contributed by atoms with Crippen molar-refractivity contribution < 1.29 is 35.9 Å². The molecule has 0 bridgehead atoms. The van der Waals surface area contributed by atoms with Gasteiger partial charge in [-0.15, -0.1) is 0 Å². The van der Waals surface area contributed by atoms with Gasteiger partial charge in [0.2, 0.25) is 0 Å². The first-order chi connectivity index (χ1) is 13.0. The third-order valence-corrected chi connectivity index (χ3v) is 5.73. The highest BCUT2D eigenvalue weighted by Crippen LogP contribution is 2.28. The summed E-state index contributed by atoms with van der Waals surface area (Å²) in [6.07, 6.45) is 3.14. The number of ether oxygens (including phenoxy) is 2. The second-order valence-corrected chi connectivity index (χ2v) is 8.35. The zero-order valence-corrected chi connectivity index (χ0v) is 16.4. The van der Waals surface area contributed by atoms with Crippen molar-refractivity contribution in [3.63, 3.8) is 0 Å². The summed E-state index contributed by atoms with van der Waals surface area (Å²) < 4.78 is 72.1. The zero-order chi connectivity index (χ0) is 21.1. The number of carbonyl (C=O) groups excluding carboxylic acids is 1. The monoisotopic (exact) mass is 425 g/mol. The van der Waals surface area contributed by atoms with Crippen LogP contribution in [0.1, 0.15) is 35.8 Å². The van der Waals surface area contributed by atoms with Gasteiger partial charge in [-0.05, 0) is 32.8 Å². The molecule has 1 saturated carbocycles. The molecule has 0 spiro atoms. The van der Waals surface area contributed by atoms with Crippen LogP contribution in [0.5, 0.6) is 5.75 Å². The van der Waals surface area contributed by atoms with Gasteiger partial charge in [0.25, 0.3) is 5.91 Å². The Hall–Kier alpha value is -1.92. The lowest BCUT2D eigenvalue weighted by Gasteiger charge is -2.28. The largest absolute Gasteiger partial charge is 0.511 e. The summed E-state index contributed by atoms with van der Waals surface area (Å²) in [5, 5.41) is 2.81. The smallest absolute Gasteiger partial charge is 0.490 e. The lowest BCUT2D eigenvalue weighted by molar-refractivity contribution is -0.0546. The molecule has 1 fully saturated rings. The summed E-state index contributed by atoms with van der Waals surface area (Å²) in [4.78, 5) is 16.3. The van der Waals surface area contributed by atoms with Crippen LogP contribution in [0.15, 0.2) is 12.3 Å². The number of amides is 1. The maximum absolute atomic E-state index is 12.8. The van der Waals surface area contributed by atoms with Gasteiger partial charge < -0.3 is 14.8 Å². The standard InChI is InChI=1S/C16H22F3N3O5S/c1-10(22(9-26-3)28(24,25)16(17,18)19)8-27-13-6-14(11(2)20-7-13)15(23)21-12-4-5-12/h6-7,10,12H,4-5,8-9H2,1-3H3,(H,21,23)/t10-/m0/s1. The number of halogens is 3. The Morgan fingerprint density at radius 1 is 1.43 bits per heavy atom. The Bertz CT molecular complexity index is 812. The fourth-order valence-electron chi connectivity index (χ4n) is 2.31. The first kappa shape index (κ1) is 22.4. The van der Waals surface area contributed by atoms with Crippen LogP contribution in [0.2, 0.25) is 0 Å². The Labute approximate surface area is 161 Å². The Morgan fingerprint density at radius 3 is 2.61 bits per heavy atom. The van der Waals surface area contributed by atoms with Gasteiger partial charge in [0.05, 0.1) is 23.5 Å². The number of methoxy groups -OCH3 is 1. The van der Waals surface area contributed by atoms with Gasteiger partial charge in [-0.1, -0.05) is 0 Å². The van der Waals surface area contributed by atoms with Crippen molar-refractivity contribution in [3.05, 3.63) is 23.5 Å². The second kappa shape index (κ2) is 8.62. The fourth-order valence-corrected chi connectivity index (χ4v) is 3.35. The number of alkyl halides is 3. The SMILES string of the molecule is COCN([C@@H](C)COc1cnc(C)c(C(=O)NC2CC2)c1)S(=O)(=O)C(F)(F)F. The number of aromatic nitrogens is 1. The van der Waals surface area contributed by atoms with Crippen LogP contribution in [0.4, 0.5) is 13.2 Å². The van der Waals surface area contributed by atoms with Crippen LogP contribution in [-0.4, -0.2) is 61.7 Å². The number of nitrogens with one attached hydrogen (secondary N) is 1. The van der Waals surface area contributed by atoms with Crippen molar-refractivity contribution in [1.29, 1.82) is 0 Å². The quantitative estimate of drug-likeness (QED) is 0.606. The maximum atomic E-state index is 12.8. The van der Waals surface area contributed by atoms with Crippen molar-refractivity contribution >= 4 is 15.9 Å². The number of sulfonamides is 1. The average Bonchev–Trinajstić information content (AvgIpc) is 3.41. The molecule has 0 radical (unpaired) electrons. The topological polar surface area (TPSA) is 97.8 Å². The highest BCUT2D eigenvalue weighted by atomic mass is 32.2. The summed E-state index contributed by atoms with van der Waals surface area (Å²) in [5.41, 5.74) is -4.70. The predicted octanol–water partition coefficient (Wildman–Crippen LogP) is 1.81. The predicted molar refractivity (Wildman–Crippen MR) is 93.1 cm³/mol. The number of hydrogen-bond acceptors (Lipinski definition) is 6. The van der Waals surface area contributed by atoms with Crippen molar-refractivity contribution in [1.82, 2.24) is 14.6 Å². The van der Waals surface area contributed by atoms with Crippen LogP contribution >= 0.6 is 0 Å². The number of rotatable bonds is 9. The Balaban J connectivity index is 2.09. The van der Waals surface area contributed by atoms with E-state index in [1.807, 2.05) is 0 Å². The Morgan fingerprint density at radius 2 is 2.07 bits per heavy atom. The molecule has 1 aliphatic rings. The summed E-state index contributed by atoms with van der Waals surface area (Å²) in [5.74, 6) is -0.174. The molecule has 8 nitrogen and oxygen atoms in total. The number of nitrogens with zero attached hydrogens (tertiary/aromatic N) is 2. The molecule has 1 atom stereocenters. The van der Waals surface area contributed by atoms with Gasteiger partial charge in [-0.2, -0.15) is 17.5 Å². The van der Waals surface area contributed by atoms with Crippen LogP contribution in [-0.2, 0) is 14.8 Å². The molecule has 1 amide bonds. The summed E-state index contributed by atoms with van der Waals surface area (Å²) in [6.45, 7) is 1.72. The zero-order valence-electron chi connectivity index (χ0n) is 15.6. The van der Waals surface area contributed by atoms with E-state index in [1.165, 1.54) is 19.2 Å². The summed E-state index contributed by atoms with van der Waals surface area (Å²) in [6, 6.07) is 0.384. The lowest BCUT2D eigenvalue weighted by Crippen LogP contribution is -2.48. The molecule has 1 aromatic rings. The van der Waals surface area contributed by atoms with E-state index in [9.17, 15) is 26.4 Å². The number of carbonyl (C=O) groups is 1. The minimum atomic E-state index is -5.59. The van der Waals surface area contributed by atoms with Crippen molar-refractivity contribution in [2.75, 3.05) is 20.4 Å². The molecule has 28 heavy (non-hydrogen) atoms. The van der Waals surface area contributed by atoms with Crippen molar-refractivity contribution in [2.24, 2.45) is 0 Å². The first-order valence-corrected chi connectivity index (χ1v) is 9.88. The molecule has 0 aromatic carbocycles. The molecule has 1 aliphatic carbocycles. The third kappa shape index (κ3) is 5.32. The van der Waals surface area contributed by atoms with E-state index in [0.717, 1.165) is 20.0 Å². The van der Waals surface area contributed by atoms with Crippen LogP contribution in [0, 0.1) is 6.92 Å². The van der Waals surface area contributed by atoms with Gasteiger partial charge in [0.15, 0.2) is 0 Å². The maximum Gasteiger partial charge on any atom is 0.511 e. The Kier molecular flexibility index (Phi) is 6.88. The number of hydrogen-bond donors (Lipinski definition) is 1. The fraction of sp³-hybridized carbons (Fsp3) is 0.625. The van der Waals surface area contributed by atoms with E-state index < -0.39 is 34.9 Å². The normalized spacial score (nSPS) is 16.1. The van der Waals surface area contributed by atoms with Crippen molar-refractivity contribution in [3.8, 4) is 5.75 Å². The average molecular weight is 425 g/mol. The highest BCUT2D eigenvalue weighted by molar-refractivity contribution is 7.90. The molecular weight excluding hydrogens is 403 g/mol. The second-order valence-electron chi connectivity index (χ2n) is 6.47. The van der Waals surface area contributed by atoms with E-state index in [-0.39, 0.29) is 27.6 Å². The van der Waals surface area contributed by atoms with Gasteiger partial charge in [-0.3, -0.25) is 9.78 Å². The molecule has 158 valence electrons. The minimum Gasteiger partial charge on any atom is -0.490 e. The van der Waals surface area contributed by atoms with Crippen molar-refractivity contribution in [2.45, 2.75) is 44.3 Å². The van der Waals surface area contributed by atoms with E-state index in [4.69, 9.17) is 4.74 Å². The molecule has 0 saturated heterocycles. The molecule has 12 heteroatoms. The van der Waals surface area contributed by atoms with Gasteiger partial charge in [-0.25, -0.2) is 8.42 Å². The molecule has 0 aliphatic heterocycles. The molecule has 1 aromatic heterocycles. The molecule has 1 N–H and O–H groups in total. The third-order valence-electron chi connectivity index (χ3n) is 4.06. The van der Waals surface area contributed by atoms with Gasteiger partial charge >= 0.3 is 15.5 Å². The highest BCUT2D eigenvalue weighted by Gasteiger charge is 2.51. The van der Waals surface area contributed by atoms with E-state index in [0.29, 0.717) is 5.69 Å². The first-order valence-electron chi connectivity index (χ1n) is 8.44. The molecule has 0 unspecified atom stereocenters. The van der Waals surface area contributed by atoms with E-state index in [1.54, 1.807) is 6.92 Å². The van der Waals surface area contributed by atoms with E-state index >= 15 is 0 Å². The summed E-state index contributed by atoms with van der Waals surface area (Å²) in [7, 11) is -4.51. The number of aryl methyl sites for hydroxylation is 1. The van der Waals surface area contributed by atoms with Crippen LogP contribution < -0.4 is 10.1 Å².